The van der Waals surface area contributed by atoms with E-state index in [4.69, 9.17) is 5.73 Å². The quantitative estimate of drug-likeness (QED) is 0.834. The summed E-state index contributed by atoms with van der Waals surface area (Å²) in [5.74, 6) is 0.582. The molecule has 18 heavy (non-hydrogen) atoms. The van der Waals surface area contributed by atoms with Gasteiger partial charge in [0.15, 0.2) is 0 Å². The van der Waals surface area contributed by atoms with Crippen molar-refractivity contribution in [2.24, 2.45) is 11.7 Å². The summed E-state index contributed by atoms with van der Waals surface area (Å²) in [5, 5.41) is 2.08. The zero-order valence-corrected chi connectivity index (χ0v) is 13.4. The summed E-state index contributed by atoms with van der Waals surface area (Å²) in [6.07, 6.45) is 2.50. The fraction of sp³-hybridized carbons (Fsp3) is 0.615. The summed E-state index contributed by atoms with van der Waals surface area (Å²) in [5.41, 5.74) is 5.56. The van der Waals surface area contributed by atoms with Crippen molar-refractivity contribution in [3.8, 4) is 0 Å². The molecule has 0 spiro atoms. The van der Waals surface area contributed by atoms with Gasteiger partial charge in [0.1, 0.15) is 0 Å². The number of carbonyl (C=O) groups excluding carboxylic acids is 1. The van der Waals surface area contributed by atoms with E-state index >= 15 is 0 Å². The highest BCUT2D eigenvalue weighted by molar-refractivity contribution is 9.10. The van der Waals surface area contributed by atoms with E-state index in [0.717, 1.165) is 23.9 Å². The molecule has 0 aliphatic heterocycles. The van der Waals surface area contributed by atoms with Crippen LogP contribution in [0.5, 0.6) is 0 Å². The number of nitrogens with two attached hydrogens (primary N) is 1. The minimum absolute atomic E-state index is 0.214. The largest absolute Gasteiger partial charge is 0.345 e. The van der Waals surface area contributed by atoms with Gasteiger partial charge in [-0.05, 0) is 47.3 Å². The Morgan fingerprint density at radius 1 is 1.61 bits per heavy atom. The van der Waals surface area contributed by atoms with Gasteiger partial charge in [-0.3, -0.25) is 4.79 Å². The summed E-state index contributed by atoms with van der Waals surface area (Å²) in [6, 6.07) is 2.12. The van der Waals surface area contributed by atoms with Gasteiger partial charge in [-0.1, -0.05) is 6.92 Å². The first kappa shape index (κ1) is 15.7. The van der Waals surface area contributed by atoms with Crippen molar-refractivity contribution >= 4 is 33.2 Å². The number of halogens is 1. The molecule has 3 nitrogen and oxygen atoms in total. The van der Waals surface area contributed by atoms with Crippen LogP contribution in [0.2, 0.25) is 0 Å². The molecule has 1 rings (SSSR count). The Morgan fingerprint density at radius 2 is 2.33 bits per heavy atom. The van der Waals surface area contributed by atoms with Crippen LogP contribution in [-0.2, 0) is 11.2 Å². The number of hydrogen-bond donors (Lipinski definition) is 1. The molecule has 1 aromatic heterocycles. The molecule has 0 saturated heterocycles. The van der Waals surface area contributed by atoms with Crippen LogP contribution in [-0.4, -0.2) is 30.9 Å². The summed E-state index contributed by atoms with van der Waals surface area (Å²) in [7, 11) is 1.86. The molecule has 1 atom stereocenters. The highest BCUT2D eigenvalue weighted by atomic mass is 79.9. The van der Waals surface area contributed by atoms with Gasteiger partial charge in [0.05, 0.1) is 0 Å². The number of nitrogens with zero attached hydrogens (tertiary/aromatic N) is 1. The second-order valence-corrected chi connectivity index (χ2v) is 6.61. The van der Waals surface area contributed by atoms with Crippen LogP contribution in [0.15, 0.2) is 15.9 Å². The SMILES string of the molecule is CC(CN)CN(C)C(=O)CCCc1cc(Br)cs1. The van der Waals surface area contributed by atoms with Crippen molar-refractivity contribution in [2.75, 3.05) is 20.1 Å². The fourth-order valence-electron chi connectivity index (χ4n) is 1.73. The first-order chi connectivity index (χ1) is 8.52. The third kappa shape index (κ3) is 5.50. The van der Waals surface area contributed by atoms with Gasteiger partial charge in [-0.15, -0.1) is 11.3 Å². The monoisotopic (exact) mass is 332 g/mol. The second kappa shape index (κ2) is 7.92. The van der Waals surface area contributed by atoms with E-state index in [1.54, 1.807) is 16.2 Å². The highest BCUT2D eigenvalue weighted by Gasteiger charge is 2.11. The molecular formula is C13H21BrN2OS. The Kier molecular flexibility index (Phi) is 6.89. The van der Waals surface area contributed by atoms with Crippen molar-refractivity contribution in [1.29, 1.82) is 0 Å². The molecule has 0 aliphatic carbocycles. The van der Waals surface area contributed by atoms with Crippen LogP contribution in [0.1, 0.15) is 24.6 Å². The number of thiophene rings is 1. The smallest absolute Gasteiger partial charge is 0.222 e. The van der Waals surface area contributed by atoms with Crippen LogP contribution in [0, 0.1) is 5.92 Å². The zero-order chi connectivity index (χ0) is 13.5. The Balaban J connectivity index is 2.24. The van der Waals surface area contributed by atoms with E-state index in [1.807, 2.05) is 7.05 Å². The molecule has 0 radical (unpaired) electrons. The van der Waals surface area contributed by atoms with E-state index in [9.17, 15) is 4.79 Å². The third-order valence-electron chi connectivity index (χ3n) is 2.85. The van der Waals surface area contributed by atoms with Crippen molar-refractivity contribution in [1.82, 2.24) is 4.90 Å². The summed E-state index contributed by atoms with van der Waals surface area (Å²) in [6.45, 7) is 3.44. The average molecular weight is 333 g/mol. The van der Waals surface area contributed by atoms with Crippen LogP contribution >= 0.6 is 27.3 Å². The molecule has 0 saturated carbocycles. The predicted octanol–water partition coefficient (Wildman–Crippen LogP) is 2.89. The van der Waals surface area contributed by atoms with Gasteiger partial charge in [-0.2, -0.15) is 0 Å². The minimum atomic E-state index is 0.214. The van der Waals surface area contributed by atoms with E-state index in [1.165, 1.54) is 4.88 Å². The van der Waals surface area contributed by atoms with Crippen molar-refractivity contribution < 1.29 is 4.79 Å². The van der Waals surface area contributed by atoms with Crippen LogP contribution in [0.3, 0.4) is 0 Å². The zero-order valence-electron chi connectivity index (χ0n) is 11.0. The minimum Gasteiger partial charge on any atom is -0.345 e. The molecule has 0 aliphatic rings. The molecule has 0 bridgehead atoms. The second-order valence-electron chi connectivity index (χ2n) is 4.70. The molecule has 0 aromatic carbocycles. The lowest BCUT2D eigenvalue weighted by atomic mass is 10.1. The van der Waals surface area contributed by atoms with Crippen molar-refractivity contribution in [3.63, 3.8) is 0 Å². The number of amides is 1. The van der Waals surface area contributed by atoms with Gasteiger partial charge in [0.25, 0.3) is 0 Å². The molecule has 5 heteroatoms. The summed E-state index contributed by atoms with van der Waals surface area (Å²) >= 11 is 5.17. The first-order valence-electron chi connectivity index (χ1n) is 6.20. The summed E-state index contributed by atoms with van der Waals surface area (Å²) < 4.78 is 1.13. The highest BCUT2D eigenvalue weighted by Crippen LogP contribution is 2.21. The number of hydrogen-bond acceptors (Lipinski definition) is 3. The van der Waals surface area contributed by atoms with Gasteiger partial charge in [-0.25, -0.2) is 0 Å². The van der Waals surface area contributed by atoms with E-state index < -0.39 is 0 Å². The van der Waals surface area contributed by atoms with Crippen molar-refractivity contribution in [3.05, 3.63) is 20.8 Å². The molecule has 102 valence electrons. The maximum atomic E-state index is 11.9. The fourth-order valence-corrected chi connectivity index (χ4v) is 3.23. The lowest BCUT2D eigenvalue weighted by Gasteiger charge is -2.20. The Hall–Kier alpha value is -0.390. The molecule has 2 N–H and O–H groups in total. The maximum absolute atomic E-state index is 11.9. The van der Waals surface area contributed by atoms with Crippen LogP contribution in [0.4, 0.5) is 0 Å². The lowest BCUT2D eigenvalue weighted by molar-refractivity contribution is -0.130. The first-order valence-corrected chi connectivity index (χ1v) is 7.87. The van der Waals surface area contributed by atoms with Gasteiger partial charge in [0, 0.05) is 34.7 Å². The molecule has 1 aromatic rings. The lowest BCUT2D eigenvalue weighted by Crippen LogP contribution is -2.33. The number of aryl methyl sites for hydroxylation is 1. The van der Waals surface area contributed by atoms with Crippen LogP contribution < -0.4 is 5.73 Å². The third-order valence-corrected chi connectivity index (χ3v) is 4.61. The van der Waals surface area contributed by atoms with Crippen molar-refractivity contribution in [2.45, 2.75) is 26.2 Å². The van der Waals surface area contributed by atoms with E-state index in [-0.39, 0.29) is 5.91 Å². The Morgan fingerprint density at radius 3 is 2.89 bits per heavy atom. The van der Waals surface area contributed by atoms with Gasteiger partial charge < -0.3 is 10.6 Å². The topological polar surface area (TPSA) is 46.3 Å². The Bertz CT molecular complexity index is 381. The van der Waals surface area contributed by atoms with E-state index in [2.05, 4.69) is 34.3 Å². The molecule has 1 unspecified atom stereocenters. The molecule has 0 fully saturated rings. The Labute approximate surface area is 121 Å². The van der Waals surface area contributed by atoms with Crippen LogP contribution in [0.25, 0.3) is 0 Å². The van der Waals surface area contributed by atoms with Gasteiger partial charge in [0.2, 0.25) is 5.91 Å². The number of rotatable bonds is 7. The maximum Gasteiger partial charge on any atom is 0.222 e. The standard InChI is InChI=1S/C13H21BrN2OS/c1-10(7-15)8-16(2)13(17)5-3-4-12-6-11(14)9-18-12/h6,9-10H,3-5,7-8,15H2,1-2H3. The molecular weight excluding hydrogens is 312 g/mol. The normalized spacial score (nSPS) is 12.4. The predicted molar refractivity (Wildman–Crippen MR) is 80.8 cm³/mol. The van der Waals surface area contributed by atoms with E-state index in [0.29, 0.717) is 18.9 Å². The molecule has 1 heterocycles. The summed E-state index contributed by atoms with van der Waals surface area (Å²) in [4.78, 5) is 15.0. The van der Waals surface area contributed by atoms with Gasteiger partial charge >= 0.3 is 0 Å². The molecule has 1 amide bonds. The average Bonchev–Trinajstić information content (AvgIpc) is 2.74. The number of carbonyl (C=O) groups is 1.